The Morgan fingerprint density at radius 2 is 1.75 bits per heavy atom. The monoisotopic (exact) mass is 378 g/mol. The van der Waals surface area contributed by atoms with Crippen LogP contribution < -0.4 is 10.1 Å². The molecule has 146 valence electrons. The van der Waals surface area contributed by atoms with Crippen LogP contribution in [0.15, 0.2) is 60.9 Å². The molecule has 2 aromatic carbocycles. The van der Waals surface area contributed by atoms with Gasteiger partial charge in [-0.15, -0.1) is 10.2 Å². The highest BCUT2D eigenvalue weighted by Crippen LogP contribution is 2.29. The zero-order valence-electron chi connectivity index (χ0n) is 16.5. The first kappa shape index (κ1) is 19.6. The summed E-state index contributed by atoms with van der Waals surface area (Å²) in [6.07, 6.45) is 2.04. The third kappa shape index (κ3) is 4.76. The molecule has 0 aliphatic rings. The van der Waals surface area contributed by atoms with E-state index in [-0.39, 0.29) is 17.9 Å². The average molecular weight is 378 g/mol. The van der Waals surface area contributed by atoms with E-state index < -0.39 is 0 Å². The van der Waals surface area contributed by atoms with Gasteiger partial charge in [0.25, 0.3) is 0 Å². The summed E-state index contributed by atoms with van der Waals surface area (Å²) in [5.41, 5.74) is 2.18. The molecule has 0 fully saturated rings. The standard InChI is InChI=1S/C22H26N4O2/c1-16(2)26-15-24-25-21(26)14-23-22(27)13-20(17-7-5-4-6-8-17)18-9-11-19(28-3)12-10-18/h4-12,15-16,20H,13-14H2,1-3H3,(H,23,27). The van der Waals surface area contributed by atoms with Crippen molar-refractivity contribution in [1.29, 1.82) is 0 Å². The first-order valence-corrected chi connectivity index (χ1v) is 9.42. The van der Waals surface area contributed by atoms with Crippen LogP contribution in [0.2, 0.25) is 0 Å². The second kappa shape index (κ2) is 9.17. The van der Waals surface area contributed by atoms with Gasteiger partial charge in [-0.3, -0.25) is 4.79 Å². The van der Waals surface area contributed by atoms with Gasteiger partial charge in [0, 0.05) is 18.4 Å². The maximum Gasteiger partial charge on any atom is 0.221 e. The third-order valence-corrected chi connectivity index (χ3v) is 4.76. The van der Waals surface area contributed by atoms with Gasteiger partial charge in [-0.1, -0.05) is 42.5 Å². The van der Waals surface area contributed by atoms with E-state index in [0.717, 1.165) is 22.7 Å². The summed E-state index contributed by atoms with van der Waals surface area (Å²) < 4.78 is 7.21. The van der Waals surface area contributed by atoms with Crippen LogP contribution in [-0.2, 0) is 11.3 Å². The number of nitrogens with zero attached hydrogens (tertiary/aromatic N) is 3. The largest absolute Gasteiger partial charge is 0.497 e. The topological polar surface area (TPSA) is 69.0 Å². The molecule has 1 amide bonds. The van der Waals surface area contributed by atoms with Crippen LogP contribution in [0.5, 0.6) is 5.75 Å². The molecule has 0 radical (unpaired) electrons. The summed E-state index contributed by atoms with van der Waals surface area (Å²) in [6, 6.07) is 18.2. The number of ether oxygens (including phenoxy) is 1. The van der Waals surface area contributed by atoms with Crippen molar-refractivity contribution in [2.45, 2.75) is 38.8 Å². The number of hydrogen-bond donors (Lipinski definition) is 1. The normalized spacial score (nSPS) is 12.0. The molecule has 1 heterocycles. The molecule has 28 heavy (non-hydrogen) atoms. The van der Waals surface area contributed by atoms with Crippen molar-refractivity contribution in [3.05, 3.63) is 77.9 Å². The van der Waals surface area contributed by atoms with Crippen molar-refractivity contribution in [3.63, 3.8) is 0 Å². The van der Waals surface area contributed by atoms with E-state index in [1.807, 2.05) is 47.0 Å². The molecule has 6 heteroatoms. The molecule has 0 aliphatic heterocycles. The number of nitrogens with one attached hydrogen (secondary N) is 1. The van der Waals surface area contributed by atoms with Gasteiger partial charge >= 0.3 is 0 Å². The molecule has 3 rings (SSSR count). The fourth-order valence-electron chi connectivity index (χ4n) is 3.21. The summed E-state index contributed by atoms with van der Waals surface area (Å²) in [6.45, 7) is 4.48. The second-order valence-corrected chi connectivity index (χ2v) is 6.97. The van der Waals surface area contributed by atoms with Crippen LogP contribution in [-0.4, -0.2) is 27.8 Å². The first-order chi connectivity index (χ1) is 13.6. The van der Waals surface area contributed by atoms with Gasteiger partial charge in [0.05, 0.1) is 13.7 Å². The van der Waals surface area contributed by atoms with E-state index in [9.17, 15) is 4.79 Å². The Hall–Kier alpha value is -3.15. The fourth-order valence-corrected chi connectivity index (χ4v) is 3.21. The van der Waals surface area contributed by atoms with Gasteiger partial charge in [0.15, 0.2) is 5.82 Å². The molecular weight excluding hydrogens is 352 g/mol. The highest BCUT2D eigenvalue weighted by atomic mass is 16.5. The van der Waals surface area contributed by atoms with Gasteiger partial charge in [-0.05, 0) is 37.1 Å². The van der Waals surface area contributed by atoms with Crippen molar-refractivity contribution in [3.8, 4) is 5.75 Å². The van der Waals surface area contributed by atoms with Crippen molar-refractivity contribution in [2.24, 2.45) is 0 Å². The number of amides is 1. The average Bonchev–Trinajstić information content (AvgIpc) is 3.20. The molecule has 0 aliphatic carbocycles. The molecule has 1 unspecified atom stereocenters. The Bertz CT molecular complexity index is 888. The van der Waals surface area contributed by atoms with Gasteiger partial charge in [-0.25, -0.2) is 0 Å². The number of aromatic nitrogens is 3. The molecule has 0 saturated carbocycles. The lowest BCUT2D eigenvalue weighted by Gasteiger charge is -2.18. The van der Waals surface area contributed by atoms with Crippen LogP contribution in [0.3, 0.4) is 0 Å². The van der Waals surface area contributed by atoms with Crippen molar-refractivity contribution < 1.29 is 9.53 Å². The van der Waals surface area contributed by atoms with Gasteiger partial charge < -0.3 is 14.6 Å². The van der Waals surface area contributed by atoms with Crippen LogP contribution >= 0.6 is 0 Å². The van der Waals surface area contributed by atoms with Gasteiger partial charge in [-0.2, -0.15) is 0 Å². The van der Waals surface area contributed by atoms with Crippen molar-refractivity contribution >= 4 is 5.91 Å². The molecule has 1 atom stereocenters. The molecule has 6 nitrogen and oxygen atoms in total. The van der Waals surface area contributed by atoms with E-state index in [0.29, 0.717) is 13.0 Å². The van der Waals surface area contributed by atoms with Gasteiger partial charge in [0.2, 0.25) is 5.91 Å². The lowest BCUT2D eigenvalue weighted by Crippen LogP contribution is -2.26. The maximum absolute atomic E-state index is 12.7. The predicted octanol–water partition coefficient (Wildman–Crippen LogP) is 3.71. The molecule has 1 N–H and O–H groups in total. The molecule has 0 bridgehead atoms. The summed E-state index contributed by atoms with van der Waals surface area (Å²) in [7, 11) is 1.65. The second-order valence-electron chi connectivity index (χ2n) is 6.97. The highest BCUT2D eigenvalue weighted by molar-refractivity contribution is 5.77. The number of hydrogen-bond acceptors (Lipinski definition) is 4. The van der Waals surface area contributed by atoms with Crippen molar-refractivity contribution in [2.75, 3.05) is 7.11 Å². The van der Waals surface area contributed by atoms with Crippen LogP contribution in [0.25, 0.3) is 0 Å². The summed E-state index contributed by atoms with van der Waals surface area (Å²) >= 11 is 0. The number of carbonyl (C=O) groups excluding carboxylic acids is 1. The molecule has 3 aromatic rings. The van der Waals surface area contributed by atoms with Crippen LogP contribution in [0.1, 0.15) is 49.2 Å². The molecule has 0 saturated heterocycles. The third-order valence-electron chi connectivity index (χ3n) is 4.76. The number of rotatable bonds is 8. The lowest BCUT2D eigenvalue weighted by atomic mass is 9.88. The summed E-state index contributed by atoms with van der Waals surface area (Å²) in [5.74, 6) is 1.50. The van der Waals surface area contributed by atoms with Crippen molar-refractivity contribution in [1.82, 2.24) is 20.1 Å². The molecular formula is C22H26N4O2. The fraction of sp³-hybridized carbons (Fsp3) is 0.318. The minimum atomic E-state index is -0.0323. The van der Waals surface area contributed by atoms with Crippen LogP contribution in [0.4, 0.5) is 0 Å². The SMILES string of the molecule is COc1ccc(C(CC(=O)NCc2nncn2C(C)C)c2ccccc2)cc1. The van der Waals surface area contributed by atoms with E-state index in [4.69, 9.17) is 4.74 Å². The zero-order chi connectivity index (χ0) is 19.9. The summed E-state index contributed by atoms with van der Waals surface area (Å²) in [5, 5.41) is 11.0. The van der Waals surface area contributed by atoms with Crippen LogP contribution in [0, 0.1) is 0 Å². The highest BCUT2D eigenvalue weighted by Gasteiger charge is 2.19. The van der Waals surface area contributed by atoms with E-state index in [2.05, 4.69) is 41.5 Å². The molecule has 0 spiro atoms. The Morgan fingerprint density at radius 3 is 2.39 bits per heavy atom. The Balaban J connectivity index is 1.73. The lowest BCUT2D eigenvalue weighted by molar-refractivity contribution is -0.121. The smallest absolute Gasteiger partial charge is 0.221 e. The number of benzene rings is 2. The molecule has 1 aromatic heterocycles. The Morgan fingerprint density at radius 1 is 1.07 bits per heavy atom. The minimum absolute atomic E-state index is 0.0250. The van der Waals surface area contributed by atoms with E-state index in [1.165, 1.54) is 0 Å². The minimum Gasteiger partial charge on any atom is -0.497 e. The quantitative estimate of drug-likeness (QED) is 0.649. The Kier molecular flexibility index (Phi) is 6.42. The zero-order valence-corrected chi connectivity index (χ0v) is 16.5. The first-order valence-electron chi connectivity index (χ1n) is 9.42. The Labute approximate surface area is 165 Å². The van der Waals surface area contributed by atoms with E-state index >= 15 is 0 Å². The number of methoxy groups -OCH3 is 1. The van der Waals surface area contributed by atoms with E-state index in [1.54, 1.807) is 13.4 Å². The maximum atomic E-state index is 12.7. The number of carbonyl (C=O) groups is 1. The summed E-state index contributed by atoms with van der Waals surface area (Å²) in [4.78, 5) is 12.7. The predicted molar refractivity (Wildman–Crippen MR) is 108 cm³/mol. The van der Waals surface area contributed by atoms with Gasteiger partial charge in [0.1, 0.15) is 12.1 Å².